The van der Waals surface area contributed by atoms with Crippen LogP contribution in [0.3, 0.4) is 0 Å². The van der Waals surface area contributed by atoms with Crippen LogP contribution in [0.4, 0.5) is 0 Å². The Morgan fingerprint density at radius 3 is 2.50 bits per heavy atom. The maximum atomic E-state index is 12.8. The van der Waals surface area contributed by atoms with Crippen molar-refractivity contribution in [2.45, 2.75) is 50.9 Å². The summed E-state index contributed by atoms with van der Waals surface area (Å²) >= 11 is 0. The van der Waals surface area contributed by atoms with Gasteiger partial charge in [0.1, 0.15) is 0 Å². The van der Waals surface area contributed by atoms with Crippen molar-refractivity contribution in [3.63, 3.8) is 0 Å². The van der Waals surface area contributed by atoms with E-state index in [9.17, 15) is 9.59 Å². The van der Waals surface area contributed by atoms with Gasteiger partial charge in [-0.15, -0.1) is 0 Å². The van der Waals surface area contributed by atoms with Crippen LogP contribution in [-0.2, 0) is 10.2 Å². The number of piperidine rings is 1. The lowest BCUT2D eigenvalue weighted by atomic mass is 9.73. The highest BCUT2D eigenvalue weighted by atomic mass is 16.2. The first kappa shape index (κ1) is 20.5. The second-order valence-corrected chi connectivity index (χ2v) is 8.46. The van der Waals surface area contributed by atoms with E-state index < -0.39 is 0 Å². The van der Waals surface area contributed by atoms with Gasteiger partial charge in [-0.25, -0.2) is 0 Å². The Morgan fingerprint density at radius 1 is 1.10 bits per heavy atom. The predicted molar refractivity (Wildman–Crippen MR) is 115 cm³/mol. The van der Waals surface area contributed by atoms with Crippen LogP contribution < -0.4 is 0 Å². The summed E-state index contributed by atoms with van der Waals surface area (Å²) in [5, 5.41) is 7.59. The van der Waals surface area contributed by atoms with Crippen LogP contribution in [0.2, 0.25) is 0 Å². The van der Waals surface area contributed by atoms with E-state index in [0.29, 0.717) is 12.0 Å². The lowest BCUT2D eigenvalue weighted by Gasteiger charge is -2.40. The van der Waals surface area contributed by atoms with E-state index in [4.69, 9.17) is 0 Å². The molecule has 0 N–H and O–H groups in total. The van der Waals surface area contributed by atoms with Gasteiger partial charge in [-0.3, -0.25) is 9.59 Å². The van der Waals surface area contributed by atoms with Crippen LogP contribution in [0, 0.1) is 0 Å². The van der Waals surface area contributed by atoms with Gasteiger partial charge < -0.3 is 9.80 Å². The molecule has 0 radical (unpaired) electrons. The van der Waals surface area contributed by atoms with Crippen molar-refractivity contribution in [2.24, 2.45) is 0 Å². The van der Waals surface area contributed by atoms with E-state index in [1.165, 1.54) is 17.3 Å². The van der Waals surface area contributed by atoms with E-state index in [1.807, 2.05) is 23.6 Å². The van der Waals surface area contributed by atoms with Gasteiger partial charge in [-0.1, -0.05) is 24.3 Å². The maximum absolute atomic E-state index is 12.8. The van der Waals surface area contributed by atoms with E-state index in [1.54, 1.807) is 12.3 Å². The fraction of sp³-hybridized carbons (Fsp3) is 0.500. The average molecular weight is 407 g/mol. The number of fused-ring (bicyclic) bond motifs is 2. The molecule has 1 atom stereocenters. The molecule has 4 rings (SSSR count). The van der Waals surface area contributed by atoms with Crippen LogP contribution >= 0.6 is 0 Å². The number of hydrogen-bond acceptors (Lipinski definition) is 4. The molecule has 1 saturated heterocycles. The standard InChI is InChI=1S/C24H30N4O2/c1-3-27(4-2)22(29)15-19-16-24(21-8-6-5-7-20(19)21)10-13-28(14-11-24)23(30)18-9-12-25-26-17-18/h5-9,12,17,19H,3-4,10-11,13-16H2,1-2H3/t19-/m1/s1. The van der Waals surface area contributed by atoms with Gasteiger partial charge in [0.25, 0.3) is 5.91 Å². The van der Waals surface area contributed by atoms with Crippen LogP contribution in [0.5, 0.6) is 0 Å². The lowest BCUT2D eigenvalue weighted by molar-refractivity contribution is -0.131. The molecule has 0 bridgehead atoms. The zero-order valence-electron chi connectivity index (χ0n) is 17.9. The van der Waals surface area contributed by atoms with Gasteiger partial charge in [-0.05, 0) is 61.6 Å². The summed E-state index contributed by atoms with van der Waals surface area (Å²) in [4.78, 5) is 29.5. The minimum absolute atomic E-state index is 0.0271. The molecule has 1 aromatic carbocycles. The zero-order valence-corrected chi connectivity index (χ0v) is 17.9. The van der Waals surface area contributed by atoms with Crippen molar-refractivity contribution >= 4 is 11.8 Å². The first-order valence-electron chi connectivity index (χ1n) is 11.0. The third-order valence-corrected chi connectivity index (χ3v) is 6.99. The Hall–Kier alpha value is -2.76. The summed E-state index contributed by atoms with van der Waals surface area (Å²) in [6.45, 7) is 7.05. The highest BCUT2D eigenvalue weighted by Gasteiger charge is 2.46. The van der Waals surface area contributed by atoms with Crippen molar-refractivity contribution in [1.29, 1.82) is 0 Å². The molecule has 2 amide bonds. The Morgan fingerprint density at radius 2 is 1.83 bits per heavy atom. The Bertz CT molecular complexity index is 902. The number of carbonyl (C=O) groups excluding carboxylic acids is 2. The molecule has 158 valence electrons. The van der Waals surface area contributed by atoms with Crippen molar-refractivity contribution in [2.75, 3.05) is 26.2 Å². The van der Waals surface area contributed by atoms with E-state index in [-0.39, 0.29) is 23.1 Å². The van der Waals surface area contributed by atoms with Crippen molar-refractivity contribution < 1.29 is 9.59 Å². The van der Waals surface area contributed by atoms with Crippen molar-refractivity contribution in [1.82, 2.24) is 20.0 Å². The molecule has 2 heterocycles. The lowest BCUT2D eigenvalue weighted by Crippen LogP contribution is -2.44. The molecule has 30 heavy (non-hydrogen) atoms. The minimum Gasteiger partial charge on any atom is -0.343 e. The van der Waals surface area contributed by atoms with Gasteiger partial charge in [0.2, 0.25) is 5.91 Å². The van der Waals surface area contributed by atoms with Gasteiger partial charge in [0.05, 0.1) is 18.0 Å². The highest BCUT2D eigenvalue weighted by Crippen LogP contribution is 2.52. The summed E-state index contributed by atoms with van der Waals surface area (Å²) < 4.78 is 0. The van der Waals surface area contributed by atoms with Gasteiger partial charge in [0, 0.05) is 32.6 Å². The molecule has 6 heteroatoms. The molecular formula is C24H30N4O2. The monoisotopic (exact) mass is 406 g/mol. The molecule has 1 fully saturated rings. The Labute approximate surface area is 178 Å². The van der Waals surface area contributed by atoms with Crippen molar-refractivity contribution in [3.05, 3.63) is 59.4 Å². The third-order valence-electron chi connectivity index (χ3n) is 6.99. The number of rotatable bonds is 5. The van der Waals surface area contributed by atoms with E-state index in [0.717, 1.165) is 45.4 Å². The SMILES string of the molecule is CCN(CC)C(=O)C[C@@H]1CC2(CCN(C(=O)c3ccnnc3)CC2)c2ccccc21. The van der Waals surface area contributed by atoms with Crippen LogP contribution in [0.25, 0.3) is 0 Å². The molecular weight excluding hydrogens is 376 g/mol. The Kier molecular flexibility index (Phi) is 5.84. The smallest absolute Gasteiger partial charge is 0.255 e. The first-order valence-corrected chi connectivity index (χ1v) is 11.0. The average Bonchev–Trinajstić information content (AvgIpc) is 3.08. The molecule has 1 aliphatic carbocycles. The number of carbonyl (C=O) groups is 2. The van der Waals surface area contributed by atoms with Gasteiger partial charge >= 0.3 is 0 Å². The third kappa shape index (κ3) is 3.71. The fourth-order valence-corrected chi connectivity index (χ4v) is 5.34. The normalized spacial score (nSPS) is 19.5. The van der Waals surface area contributed by atoms with E-state index in [2.05, 4.69) is 34.5 Å². The molecule has 6 nitrogen and oxygen atoms in total. The van der Waals surface area contributed by atoms with Gasteiger partial charge in [0.15, 0.2) is 0 Å². The molecule has 1 aliphatic heterocycles. The quantitative estimate of drug-likeness (QED) is 0.763. The minimum atomic E-state index is 0.0271. The topological polar surface area (TPSA) is 66.4 Å². The van der Waals surface area contributed by atoms with Crippen LogP contribution in [0.1, 0.15) is 66.9 Å². The second-order valence-electron chi connectivity index (χ2n) is 8.46. The number of likely N-dealkylation sites (tertiary alicyclic amines) is 1. The number of hydrogen-bond donors (Lipinski definition) is 0. The summed E-state index contributed by atoms with van der Waals surface area (Å²) in [6.07, 6.45) is 6.54. The fourth-order valence-electron chi connectivity index (χ4n) is 5.34. The summed E-state index contributed by atoms with van der Waals surface area (Å²) in [5.41, 5.74) is 3.38. The molecule has 1 aromatic heterocycles. The highest BCUT2D eigenvalue weighted by molar-refractivity contribution is 5.93. The molecule has 0 saturated carbocycles. The predicted octanol–water partition coefficient (Wildman–Crippen LogP) is 3.40. The molecule has 0 unspecified atom stereocenters. The molecule has 1 spiro atoms. The van der Waals surface area contributed by atoms with Crippen molar-refractivity contribution in [3.8, 4) is 0 Å². The van der Waals surface area contributed by atoms with E-state index >= 15 is 0 Å². The number of benzene rings is 1. The number of amides is 2. The van der Waals surface area contributed by atoms with Gasteiger partial charge in [-0.2, -0.15) is 10.2 Å². The first-order chi connectivity index (χ1) is 14.6. The summed E-state index contributed by atoms with van der Waals surface area (Å²) in [6, 6.07) is 10.3. The maximum Gasteiger partial charge on any atom is 0.255 e. The number of aromatic nitrogens is 2. The molecule has 2 aromatic rings. The summed E-state index contributed by atoms with van der Waals surface area (Å²) in [7, 11) is 0. The largest absolute Gasteiger partial charge is 0.343 e. The summed E-state index contributed by atoms with van der Waals surface area (Å²) in [5.74, 6) is 0.537. The van der Waals surface area contributed by atoms with Crippen LogP contribution in [-0.4, -0.2) is 58.0 Å². The number of nitrogens with zero attached hydrogens (tertiary/aromatic N) is 4. The second kappa shape index (κ2) is 8.54. The zero-order chi connectivity index (χ0) is 21.1. The molecule has 2 aliphatic rings. The van der Waals surface area contributed by atoms with Crippen LogP contribution in [0.15, 0.2) is 42.7 Å². The Balaban J connectivity index is 1.50.